The van der Waals surface area contributed by atoms with Crippen LogP contribution in [0.25, 0.3) is 11.0 Å². The molecular weight excluding hydrogens is 526 g/mol. The van der Waals surface area contributed by atoms with Gasteiger partial charge in [-0.05, 0) is 41.8 Å². The number of para-hydroxylation sites is 1. The average Bonchev–Trinajstić information content (AvgIpc) is 3.20. The molecule has 6 nitrogen and oxygen atoms in total. The van der Waals surface area contributed by atoms with Gasteiger partial charge in [-0.2, -0.15) is 22.0 Å². The molecule has 0 aliphatic heterocycles. The van der Waals surface area contributed by atoms with Gasteiger partial charge >= 0.3 is 65.3 Å². The smallest absolute Gasteiger partial charge is 0.806 e. The van der Waals surface area contributed by atoms with E-state index in [2.05, 4.69) is 10.3 Å². The third-order valence-corrected chi connectivity index (χ3v) is 6.29. The number of halogens is 5. The fourth-order valence-corrected chi connectivity index (χ4v) is 4.07. The Morgan fingerprint density at radius 3 is 2.11 bits per heavy atom. The van der Waals surface area contributed by atoms with E-state index in [0.717, 1.165) is 24.3 Å². The molecule has 14 heteroatoms. The van der Waals surface area contributed by atoms with E-state index in [1.54, 1.807) is 24.3 Å². The van der Waals surface area contributed by atoms with E-state index in [1.807, 2.05) is 0 Å². The summed E-state index contributed by atoms with van der Waals surface area (Å²) in [4.78, 5) is 21.8. The quantitative estimate of drug-likeness (QED) is 0.164. The second-order valence-corrected chi connectivity index (χ2v) is 9.16. The molecule has 0 bridgehead atoms. The number of alkyl halides is 5. The van der Waals surface area contributed by atoms with Gasteiger partial charge < -0.3 is 14.4 Å². The van der Waals surface area contributed by atoms with Crippen LogP contribution in [0.3, 0.4) is 0 Å². The normalized spacial score (nSPS) is 13.1. The van der Waals surface area contributed by atoms with Crippen LogP contribution in [0, 0.1) is 0 Å². The molecule has 178 valence electrons. The Bertz CT molecular complexity index is 1380. The number of hydrogen-bond acceptors (Lipinski definition) is 5. The summed E-state index contributed by atoms with van der Waals surface area (Å²) >= 11 is 0. The predicted molar refractivity (Wildman–Crippen MR) is 109 cm³/mol. The maximum absolute atomic E-state index is 13.9. The minimum atomic E-state index is -6.23. The summed E-state index contributed by atoms with van der Waals surface area (Å²) < 4.78 is 80.0. The number of nitrogens with zero attached hydrogens (tertiary/aromatic N) is 3. The minimum absolute atomic E-state index is 0. The first-order chi connectivity index (χ1) is 15.9. The third-order valence-electron chi connectivity index (χ3n) is 5.35. The molecule has 1 heterocycles. The van der Waals surface area contributed by atoms with Crippen molar-refractivity contribution in [3.8, 4) is 0 Å². The number of rotatable bonds is 6. The van der Waals surface area contributed by atoms with Crippen LogP contribution >= 0.6 is 7.60 Å². The number of fused-ring (bicyclic) bond motifs is 1. The van der Waals surface area contributed by atoms with Crippen molar-refractivity contribution in [2.24, 2.45) is 0 Å². The van der Waals surface area contributed by atoms with Gasteiger partial charge in [-0.3, -0.25) is 0 Å². The number of hydrogen-bond donors (Lipinski definition) is 0. The van der Waals surface area contributed by atoms with E-state index < -0.39 is 36.6 Å². The molecule has 36 heavy (non-hydrogen) atoms. The molecular formula is C22H15F5N3Na2O3P. The first-order valence-electron chi connectivity index (χ1n) is 9.84. The standard InChI is InChI=1S/C22H17F5N3O3P.2Na/c23-21(24,25)17-5-3-4-15(13-17)20(30-19-7-2-1-6-18(19)28-29-30)12-14-8-10-16(11-9-14)22(26,27)34(31,32)33;;/h1-11,13,20H,12H2,(H2,31,32,33);;/q;2*+1/p-2. The van der Waals surface area contributed by atoms with Crippen molar-refractivity contribution in [3.63, 3.8) is 0 Å². The maximum Gasteiger partial charge on any atom is 1.00 e. The van der Waals surface area contributed by atoms with E-state index in [4.69, 9.17) is 0 Å². The van der Waals surface area contributed by atoms with E-state index >= 15 is 0 Å². The van der Waals surface area contributed by atoms with Gasteiger partial charge in [0.25, 0.3) is 5.66 Å². The molecule has 0 aliphatic rings. The molecule has 0 fully saturated rings. The molecule has 0 saturated carbocycles. The van der Waals surface area contributed by atoms with Crippen LogP contribution in [-0.4, -0.2) is 15.0 Å². The Kier molecular flexibility index (Phi) is 10.1. The fourth-order valence-electron chi connectivity index (χ4n) is 3.61. The summed E-state index contributed by atoms with van der Waals surface area (Å²) in [5.41, 5.74) is -4.74. The zero-order valence-electron chi connectivity index (χ0n) is 19.1. The Labute approximate surface area is 246 Å². The van der Waals surface area contributed by atoms with Gasteiger partial charge in [0.1, 0.15) is 5.52 Å². The van der Waals surface area contributed by atoms with Crippen LogP contribution in [0.15, 0.2) is 72.8 Å². The molecule has 4 rings (SSSR count). The van der Waals surface area contributed by atoms with Gasteiger partial charge in [0.2, 0.25) is 0 Å². The number of benzene rings is 3. The molecule has 0 saturated heterocycles. The van der Waals surface area contributed by atoms with Crippen molar-refractivity contribution < 1.29 is 95.4 Å². The Balaban J connectivity index is 0.00000228. The van der Waals surface area contributed by atoms with Gasteiger partial charge in [0, 0.05) is 13.2 Å². The molecule has 0 amide bonds. The first-order valence-corrected chi connectivity index (χ1v) is 11.4. The van der Waals surface area contributed by atoms with Crippen molar-refractivity contribution in [3.05, 3.63) is 95.1 Å². The zero-order chi connectivity index (χ0) is 24.7. The van der Waals surface area contributed by atoms with Crippen LogP contribution < -0.4 is 68.9 Å². The van der Waals surface area contributed by atoms with Gasteiger partial charge in [-0.15, -0.1) is 5.10 Å². The Morgan fingerprint density at radius 2 is 1.50 bits per heavy atom. The van der Waals surface area contributed by atoms with Crippen molar-refractivity contribution in [1.82, 2.24) is 15.0 Å². The Morgan fingerprint density at radius 1 is 0.861 bits per heavy atom. The predicted octanol–water partition coefficient (Wildman–Crippen LogP) is -1.75. The van der Waals surface area contributed by atoms with Crippen LogP contribution in [-0.2, 0) is 22.8 Å². The largest absolute Gasteiger partial charge is 1.00 e. The van der Waals surface area contributed by atoms with E-state index in [9.17, 15) is 36.3 Å². The molecule has 3 aromatic carbocycles. The average molecular weight is 541 g/mol. The topological polar surface area (TPSA) is 93.9 Å². The second-order valence-electron chi connectivity index (χ2n) is 7.60. The monoisotopic (exact) mass is 541 g/mol. The van der Waals surface area contributed by atoms with Gasteiger partial charge in [0.15, 0.2) is 0 Å². The molecule has 1 aromatic heterocycles. The summed E-state index contributed by atoms with van der Waals surface area (Å²) in [6.45, 7) is 0. The molecule has 0 aliphatic carbocycles. The van der Waals surface area contributed by atoms with Crippen LogP contribution in [0.4, 0.5) is 22.0 Å². The van der Waals surface area contributed by atoms with Crippen molar-refractivity contribution in [2.45, 2.75) is 24.3 Å². The maximum atomic E-state index is 13.9. The summed E-state index contributed by atoms with van der Waals surface area (Å²) in [7, 11) is -6.23. The first kappa shape index (κ1) is 31.1. The summed E-state index contributed by atoms with van der Waals surface area (Å²) in [6.07, 6.45) is -4.56. The number of aromatic nitrogens is 3. The third kappa shape index (κ3) is 6.46. The van der Waals surface area contributed by atoms with Crippen molar-refractivity contribution in [1.29, 1.82) is 0 Å². The summed E-state index contributed by atoms with van der Waals surface area (Å²) in [6, 6.07) is 14.7. The fraction of sp³-hybridized carbons (Fsp3) is 0.182. The molecule has 4 aromatic rings. The van der Waals surface area contributed by atoms with E-state index in [-0.39, 0.29) is 71.1 Å². The molecule has 1 unspecified atom stereocenters. The van der Waals surface area contributed by atoms with Gasteiger partial charge in [-0.25, -0.2) is 4.68 Å². The molecule has 1 atom stereocenters. The van der Waals surface area contributed by atoms with E-state index in [1.165, 1.54) is 28.9 Å². The van der Waals surface area contributed by atoms with Crippen molar-refractivity contribution >= 4 is 18.6 Å². The Hall–Kier alpha value is -1.14. The van der Waals surface area contributed by atoms with Crippen LogP contribution in [0.5, 0.6) is 0 Å². The molecule has 0 radical (unpaired) electrons. The van der Waals surface area contributed by atoms with Crippen molar-refractivity contribution in [2.75, 3.05) is 0 Å². The van der Waals surface area contributed by atoms with Gasteiger partial charge in [-0.1, -0.05) is 53.7 Å². The second kappa shape index (κ2) is 11.7. The molecule has 0 spiro atoms. The van der Waals surface area contributed by atoms with Gasteiger partial charge in [0.05, 0.1) is 17.1 Å². The molecule has 0 N–H and O–H groups in total. The van der Waals surface area contributed by atoms with E-state index in [0.29, 0.717) is 16.6 Å². The SMILES string of the molecule is O=P([O-])([O-])C(F)(F)c1ccc(CC(c2cccc(C(F)(F)F)c2)n2nnc3ccccc32)cc1.[Na+].[Na+]. The summed E-state index contributed by atoms with van der Waals surface area (Å²) in [5, 5.41) is 8.14. The minimum Gasteiger partial charge on any atom is -0.806 e. The zero-order valence-corrected chi connectivity index (χ0v) is 24.0. The van der Waals surface area contributed by atoms with Crippen LogP contribution in [0.2, 0.25) is 0 Å². The van der Waals surface area contributed by atoms with Crippen LogP contribution in [0.1, 0.15) is 28.3 Å². The summed E-state index contributed by atoms with van der Waals surface area (Å²) in [5.74, 6) is 0.